The minimum absolute atomic E-state index is 0.0382. The predicted octanol–water partition coefficient (Wildman–Crippen LogP) is 0.339. The highest BCUT2D eigenvalue weighted by Gasteiger charge is 2.47. The number of imidazole rings is 1. The van der Waals surface area contributed by atoms with E-state index in [0.29, 0.717) is 25.9 Å². The Hall–Kier alpha value is -2.09. The molecule has 22 heavy (non-hydrogen) atoms. The number of ether oxygens (including phenoxy) is 1. The standard InChI is InChI=1S/C14H20N4O4/c1-16(2)13(21)17-6-3-14(4-7-17)12-15-5-8-18(12)9-10(22-14)11(19)20/h5,8,10H,3-4,6-7,9H2,1-2H3,(H,19,20)/t10-/m0/s1. The minimum atomic E-state index is -0.967. The summed E-state index contributed by atoms with van der Waals surface area (Å²) < 4.78 is 7.77. The van der Waals surface area contributed by atoms with Crippen LogP contribution in [0.2, 0.25) is 0 Å². The van der Waals surface area contributed by atoms with Crippen molar-refractivity contribution in [1.29, 1.82) is 0 Å². The summed E-state index contributed by atoms with van der Waals surface area (Å²) in [5, 5.41) is 9.30. The number of hydrogen-bond donors (Lipinski definition) is 1. The van der Waals surface area contributed by atoms with Crippen LogP contribution in [0.1, 0.15) is 18.7 Å². The summed E-state index contributed by atoms with van der Waals surface area (Å²) in [4.78, 5) is 31.0. The highest BCUT2D eigenvalue weighted by atomic mass is 16.5. The first kappa shape index (κ1) is 14.8. The second-order valence-electron chi connectivity index (χ2n) is 6.01. The largest absolute Gasteiger partial charge is 0.479 e. The lowest BCUT2D eigenvalue weighted by Crippen LogP contribution is -2.54. The molecule has 0 saturated carbocycles. The van der Waals surface area contributed by atoms with Crippen molar-refractivity contribution in [2.24, 2.45) is 0 Å². The quantitative estimate of drug-likeness (QED) is 0.808. The lowest BCUT2D eigenvalue weighted by Gasteiger charge is -2.45. The van der Waals surface area contributed by atoms with Gasteiger partial charge in [-0.15, -0.1) is 0 Å². The van der Waals surface area contributed by atoms with Crippen LogP contribution < -0.4 is 0 Å². The summed E-state index contributed by atoms with van der Waals surface area (Å²) in [6, 6.07) is -0.0382. The maximum absolute atomic E-state index is 12.0. The van der Waals surface area contributed by atoms with Gasteiger partial charge < -0.3 is 24.2 Å². The maximum Gasteiger partial charge on any atom is 0.334 e. The molecule has 1 saturated heterocycles. The molecule has 8 nitrogen and oxygen atoms in total. The maximum atomic E-state index is 12.0. The number of rotatable bonds is 1. The van der Waals surface area contributed by atoms with Gasteiger partial charge in [-0.3, -0.25) is 0 Å². The zero-order valence-electron chi connectivity index (χ0n) is 12.7. The first-order valence-corrected chi connectivity index (χ1v) is 7.31. The number of carbonyl (C=O) groups excluding carboxylic acids is 1. The van der Waals surface area contributed by atoms with Crippen molar-refractivity contribution >= 4 is 12.0 Å². The number of aromatic nitrogens is 2. The van der Waals surface area contributed by atoms with Gasteiger partial charge in [0.2, 0.25) is 0 Å². The third kappa shape index (κ3) is 2.33. The van der Waals surface area contributed by atoms with Crippen LogP contribution >= 0.6 is 0 Å². The van der Waals surface area contributed by atoms with Gasteiger partial charge in [-0.1, -0.05) is 0 Å². The van der Waals surface area contributed by atoms with Crippen LogP contribution in [-0.2, 0) is 21.7 Å². The Morgan fingerprint density at radius 3 is 2.68 bits per heavy atom. The summed E-state index contributed by atoms with van der Waals surface area (Å²) in [5.74, 6) is -0.201. The molecule has 2 amide bonds. The van der Waals surface area contributed by atoms with E-state index in [4.69, 9.17) is 4.74 Å². The molecule has 1 N–H and O–H groups in total. The molecule has 0 unspecified atom stereocenters. The zero-order valence-corrected chi connectivity index (χ0v) is 12.7. The number of carboxylic acids is 1. The minimum Gasteiger partial charge on any atom is -0.479 e. The Balaban J connectivity index is 1.82. The van der Waals surface area contributed by atoms with E-state index >= 15 is 0 Å². The van der Waals surface area contributed by atoms with Crippen molar-refractivity contribution in [3.63, 3.8) is 0 Å². The summed E-state index contributed by atoms with van der Waals surface area (Å²) in [5.41, 5.74) is -0.714. The Labute approximate surface area is 128 Å². The Kier molecular flexibility index (Phi) is 3.56. The van der Waals surface area contributed by atoms with Crippen LogP contribution in [-0.4, -0.2) is 69.7 Å². The van der Waals surface area contributed by atoms with Crippen molar-refractivity contribution in [3.05, 3.63) is 18.2 Å². The molecule has 2 aliphatic heterocycles. The van der Waals surface area contributed by atoms with Crippen molar-refractivity contribution in [3.8, 4) is 0 Å². The van der Waals surface area contributed by atoms with Gasteiger partial charge >= 0.3 is 12.0 Å². The number of aliphatic carboxylic acids is 1. The van der Waals surface area contributed by atoms with Crippen molar-refractivity contribution in [2.75, 3.05) is 27.2 Å². The van der Waals surface area contributed by atoms with E-state index in [0.717, 1.165) is 5.82 Å². The Morgan fingerprint density at radius 1 is 1.41 bits per heavy atom. The smallest absolute Gasteiger partial charge is 0.334 e. The van der Waals surface area contributed by atoms with Crippen LogP contribution in [0, 0.1) is 0 Å². The first-order chi connectivity index (χ1) is 10.4. The molecule has 1 fully saturated rings. The van der Waals surface area contributed by atoms with Gasteiger partial charge in [0.15, 0.2) is 6.10 Å². The van der Waals surface area contributed by atoms with E-state index in [1.807, 2.05) is 4.57 Å². The topological polar surface area (TPSA) is 87.9 Å². The van der Waals surface area contributed by atoms with Crippen LogP contribution in [0.15, 0.2) is 12.4 Å². The lowest BCUT2D eigenvalue weighted by molar-refractivity contribution is -0.185. The average molecular weight is 308 g/mol. The van der Waals surface area contributed by atoms with Gasteiger partial charge in [0.1, 0.15) is 11.4 Å². The molecule has 1 aromatic rings. The number of amides is 2. The molecule has 2 aliphatic rings. The number of hydrogen-bond acceptors (Lipinski definition) is 4. The lowest BCUT2D eigenvalue weighted by atomic mass is 9.88. The number of carbonyl (C=O) groups is 2. The van der Waals surface area contributed by atoms with Gasteiger partial charge in [-0.2, -0.15) is 0 Å². The molecule has 1 aromatic heterocycles. The summed E-state index contributed by atoms with van der Waals surface area (Å²) in [6.45, 7) is 1.32. The van der Waals surface area contributed by atoms with Crippen LogP contribution in [0.25, 0.3) is 0 Å². The number of fused-ring (bicyclic) bond motifs is 2. The molecular formula is C14H20N4O4. The summed E-state index contributed by atoms with van der Waals surface area (Å²) in [7, 11) is 3.44. The molecule has 120 valence electrons. The molecule has 0 radical (unpaired) electrons. The molecule has 3 heterocycles. The average Bonchev–Trinajstić information content (AvgIpc) is 2.96. The monoisotopic (exact) mass is 308 g/mol. The molecule has 1 spiro atoms. The van der Waals surface area contributed by atoms with Crippen LogP contribution in [0.5, 0.6) is 0 Å². The number of likely N-dealkylation sites (tertiary alicyclic amines) is 1. The fourth-order valence-electron chi connectivity index (χ4n) is 3.21. The van der Waals surface area contributed by atoms with Gasteiger partial charge in [-0.05, 0) is 0 Å². The summed E-state index contributed by atoms with van der Waals surface area (Å²) in [6.07, 6.45) is 3.67. The van der Waals surface area contributed by atoms with E-state index in [-0.39, 0.29) is 12.6 Å². The van der Waals surface area contributed by atoms with E-state index in [1.165, 1.54) is 0 Å². The number of carboxylic acid groups (broad SMARTS) is 1. The summed E-state index contributed by atoms with van der Waals surface area (Å²) >= 11 is 0. The van der Waals surface area contributed by atoms with E-state index < -0.39 is 17.7 Å². The fraction of sp³-hybridized carbons (Fsp3) is 0.643. The van der Waals surface area contributed by atoms with Gasteiger partial charge in [0, 0.05) is 52.4 Å². The fourth-order valence-corrected chi connectivity index (χ4v) is 3.21. The van der Waals surface area contributed by atoms with Gasteiger partial charge in [-0.25, -0.2) is 14.6 Å². The third-order valence-corrected chi connectivity index (χ3v) is 4.35. The second kappa shape index (κ2) is 5.28. The highest BCUT2D eigenvalue weighted by molar-refractivity contribution is 5.74. The molecule has 0 aromatic carbocycles. The zero-order chi connectivity index (χ0) is 15.9. The number of nitrogens with zero attached hydrogens (tertiary/aromatic N) is 4. The molecule has 3 rings (SSSR count). The first-order valence-electron chi connectivity index (χ1n) is 7.31. The normalized spacial score (nSPS) is 23.2. The van der Waals surface area contributed by atoms with E-state index in [2.05, 4.69) is 4.98 Å². The van der Waals surface area contributed by atoms with Crippen molar-refractivity contribution in [1.82, 2.24) is 19.4 Å². The Morgan fingerprint density at radius 2 is 2.09 bits per heavy atom. The van der Waals surface area contributed by atoms with E-state index in [9.17, 15) is 14.7 Å². The Bertz CT molecular complexity index is 589. The van der Waals surface area contributed by atoms with E-state index in [1.54, 1.807) is 36.3 Å². The van der Waals surface area contributed by atoms with Gasteiger partial charge in [0.05, 0.1) is 6.54 Å². The molecule has 0 aliphatic carbocycles. The molecule has 0 bridgehead atoms. The highest BCUT2D eigenvalue weighted by Crippen LogP contribution is 2.40. The SMILES string of the molecule is CN(C)C(=O)N1CCC2(CC1)O[C@H](C(=O)O)Cn1ccnc12. The van der Waals surface area contributed by atoms with Crippen molar-refractivity contribution < 1.29 is 19.4 Å². The number of piperidine rings is 1. The molecule has 1 atom stereocenters. The third-order valence-electron chi connectivity index (χ3n) is 4.35. The second-order valence-corrected chi connectivity index (χ2v) is 6.01. The predicted molar refractivity (Wildman–Crippen MR) is 76.3 cm³/mol. The van der Waals surface area contributed by atoms with Crippen molar-refractivity contribution in [2.45, 2.75) is 31.1 Å². The van der Waals surface area contributed by atoms with Crippen LogP contribution in [0.3, 0.4) is 0 Å². The number of urea groups is 1. The van der Waals surface area contributed by atoms with Crippen LogP contribution in [0.4, 0.5) is 4.79 Å². The van der Waals surface area contributed by atoms with Gasteiger partial charge in [0.25, 0.3) is 0 Å². The molecule has 8 heteroatoms. The molecular weight excluding hydrogens is 288 g/mol.